The van der Waals surface area contributed by atoms with Crippen LogP contribution in [0.25, 0.3) is 11.0 Å². The van der Waals surface area contributed by atoms with E-state index in [1.807, 2.05) is 18.2 Å². The third-order valence-corrected chi connectivity index (χ3v) is 5.79. The molecule has 0 N–H and O–H groups in total. The summed E-state index contributed by atoms with van der Waals surface area (Å²) in [6.45, 7) is 5.46. The average Bonchev–Trinajstić information content (AvgIpc) is 3.15. The van der Waals surface area contributed by atoms with Gasteiger partial charge in [0.25, 0.3) is 0 Å². The topological polar surface area (TPSA) is 24.3 Å². The van der Waals surface area contributed by atoms with E-state index in [0.29, 0.717) is 0 Å². The molecule has 30 heavy (non-hydrogen) atoms. The van der Waals surface area contributed by atoms with E-state index in [-0.39, 0.29) is 5.82 Å². The highest BCUT2D eigenvalue weighted by atomic mass is 19.1. The molecule has 1 aliphatic rings. The van der Waals surface area contributed by atoms with Crippen LogP contribution in [-0.2, 0) is 13.1 Å². The standard InChI is InChI=1S/C25H25FN4/c26-22-12-10-21(11-13-22)18-28-14-16-29(17-15-28)25-27-23-8-4-5-9-24(23)30(25)19-20-6-2-1-3-7-20/h1-13H,14-19H2. The number of para-hydroxylation sites is 2. The van der Waals surface area contributed by atoms with Crippen LogP contribution in [0.3, 0.4) is 0 Å². The van der Waals surface area contributed by atoms with Crippen molar-refractivity contribution < 1.29 is 4.39 Å². The monoisotopic (exact) mass is 400 g/mol. The summed E-state index contributed by atoms with van der Waals surface area (Å²) in [5.41, 5.74) is 4.64. The average molecular weight is 401 g/mol. The van der Waals surface area contributed by atoms with E-state index in [9.17, 15) is 4.39 Å². The van der Waals surface area contributed by atoms with Crippen LogP contribution in [0, 0.1) is 5.82 Å². The van der Waals surface area contributed by atoms with Gasteiger partial charge in [-0.3, -0.25) is 4.90 Å². The fourth-order valence-electron chi connectivity index (χ4n) is 4.18. The molecule has 0 aliphatic carbocycles. The van der Waals surface area contributed by atoms with Crippen LogP contribution in [0.5, 0.6) is 0 Å². The van der Waals surface area contributed by atoms with Gasteiger partial charge in [0.2, 0.25) is 5.95 Å². The molecule has 1 saturated heterocycles. The van der Waals surface area contributed by atoms with Crippen molar-refractivity contribution in [1.29, 1.82) is 0 Å². The fraction of sp³-hybridized carbons (Fsp3) is 0.240. The summed E-state index contributed by atoms with van der Waals surface area (Å²) in [5.74, 6) is 0.863. The van der Waals surface area contributed by atoms with E-state index in [2.05, 4.69) is 62.9 Å². The Morgan fingerprint density at radius 3 is 2.13 bits per heavy atom. The van der Waals surface area contributed by atoms with Gasteiger partial charge in [0, 0.05) is 32.7 Å². The zero-order valence-corrected chi connectivity index (χ0v) is 16.9. The third-order valence-electron chi connectivity index (χ3n) is 5.79. The summed E-state index contributed by atoms with van der Waals surface area (Å²) < 4.78 is 15.5. The number of hydrogen-bond acceptors (Lipinski definition) is 3. The van der Waals surface area contributed by atoms with Crippen molar-refractivity contribution in [3.63, 3.8) is 0 Å². The smallest absolute Gasteiger partial charge is 0.206 e. The van der Waals surface area contributed by atoms with E-state index in [1.54, 1.807) is 0 Å². The van der Waals surface area contributed by atoms with Gasteiger partial charge in [-0.05, 0) is 35.4 Å². The van der Waals surface area contributed by atoms with Gasteiger partial charge in [-0.25, -0.2) is 9.37 Å². The Labute approximate surface area is 176 Å². The molecular weight excluding hydrogens is 375 g/mol. The summed E-state index contributed by atoms with van der Waals surface area (Å²) in [7, 11) is 0. The minimum absolute atomic E-state index is 0.180. The molecule has 0 saturated carbocycles. The molecule has 1 aromatic heterocycles. The van der Waals surface area contributed by atoms with E-state index in [4.69, 9.17) is 4.98 Å². The zero-order valence-electron chi connectivity index (χ0n) is 16.9. The molecule has 0 unspecified atom stereocenters. The number of aromatic nitrogens is 2. The second kappa shape index (κ2) is 8.28. The lowest BCUT2D eigenvalue weighted by molar-refractivity contribution is 0.248. The number of anilines is 1. The molecule has 1 fully saturated rings. The van der Waals surface area contributed by atoms with Crippen LogP contribution in [0.15, 0.2) is 78.9 Å². The Morgan fingerprint density at radius 1 is 0.700 bits per heavy atom. The maximum atomic E-state index is 13.2. The molecule has 0 amide bonds. The summed E-state index contributed by atoms with van der Waals surface area (Å²) in [5, 5.41) is 0. The number of piperazine rings is 1. The van der Waals surface area contributed by atoms with E-state index < -0.39 is 0 Å². The molecule has 0 spiro atoms. The van der Waals surface area contributed by atoms with Crippen LogP contribution >= 0.6 is 0 Å². The summed E-state index contributed by atoms with van der Waals surface area (Å²) in [4.78, 5) is 9.80. The van der Waals surface area contributed by atoms with Gasteiger partial charge in [0.15, 0.2) is 0 Å². The third kappa shape index (κ3) is 3.94. The summed E-state index contributed by atoms with van der Waals surface area (Å²) >= 11 is 0. The quantitative estimate of drug-likeness (QED) is 0.491. The number of fused-ring (bicyclic) bond motifs is 1. The fourth-order valence-corrected chi connectivity index (χ4v) is 4.18. The van der Waals surface area contributed by atoms with E-state index in [1.165, 1.54) is 23.2 Å². The molecule has 5 heteroatoms. The van der Waals surface area contributed by atoms with Gasteiger partial charge in [0.1, 0.15) is 5.82 Å². The van der Waals surface area contributed by atoms with Crippen LogP contribution < -0.4 is 4.90 Å². The Balaban J connectivity index is 1.35. The Hall–Kier alpha value is -3.18. The van der Waals surface area contributed by atoms with Crippen LogP contribution in [0.2, 0.25) is 0 Å². The van der Waals surface area contributed by atoms with Crippen LogP contribution in [0.1, 0.15) is 11.1 Å². The Bertz CT molecular complexity index is 1110. The van der Waals surface area contributed by atoms with Gasteiger partial charge >= 0.3 is 0 Å². The largest absolute Gasteiger partial charge is 0.340 e. The van der Waals surface area contributed by atoms with Crippen molar-refractivity contribution in [2.75, 3.05) is 31.1 Å². The molecule has 152 valence electrons. The molecule has 0 radical (unpaired) electrons. The van der Waals surface area contributed by atoms with Gasteiger partial charge in [-0.15, -0.1) is 0 Å². The first-order valence-electron chi connectivity index (χ1n) is 10.5. The Kier molecular flexibility index (Phi) is 5.20. The minimum atomic E-state index is -0.180. The molecule has 5 rings (SSSR count). The van der Waals surface area contributed by atoms with Gasteiger partial charge < -0.3 is 9.47 Å². The van der Waals surface area contributed by atoms with Crippen molar-refractivity contribution in [3.05, 3.63) is 95.8 Å². The van der Waals surface area contributed by atoms with Crippen molar-refractivity contribution >= 4 is 17.0 Å². The normalized spacial score (nSPS) is 15.0. The first kappa shape index (κ1) is 18.8. The lowest BCUT2D eigenvalue weighted by atomic mass is 10.2. The molecule has 4 nitrogen and oxygen atoms in total. The second-order valence-corrected chi connectivity index (χ2v) is 7.86. The van der Waals surface area contributed by atoms with E-state index in [0.717, 1.165) is 56.3 Å². The number of hydrogen-bond donors (Lipinski definition) is 0. The van der Waals surface area contributed by atoms with E-state index >= 15 is 0 Å². The number of halogens is 1. The SMILES string of the molecule is Fc1ccc(CN2CCN(c3nc4ccccc4n3Cc3ccccc3)CC2)cc1. The number of nitrogens with zero attached hydrogens (tertiary/aromatic N) is 4. The van der Waals surface area contributed by atoms with Gasteiger partial charge in [-0.2, -0.15) is 0 Å². The predicted octanol–water partition coefficient (Wildman–Crippen LogP) is 4.55. The van der Waals surface area contributed by atoms with Crippen molar-refractivity contribution in [2.45, 2.75) is 13.1 Å². The Morgan fingerprint density at radius 2 is 1.37 bits per heavy atom. The summed E-state index contributed by atoms with van der Waals surface area (Å²) in [6, 6.07) is 25.8. The highest BCUT2D eigenvalue weighted by Gasteiger charge is 2.22. The first-order valence-corrected chi connectivity index (χ1v) is 10.5. The second-order valence-electron chi connectivity index (χ2n) is 7.86. The molecule has 0 bridgehead atoms. The number of imidazole rings is 1. The van der Waals surface area contributed by atoms with Crippen molar-refractivity contribution in [1.82, 2.24) is 14.5 Å². The van der Waals surface area contributed by atoms with Crippen molar-refractivity contribution in [2.24, 2.45) is 0 Å². The molecular formula is C25H25FN4. The van der Waals surface area contributed by atoms with Crippen molar-refractivity contribution in [3.8, 4) is 0 Å². The van der Waals surface area contributed by atoms with Gasteiger partial charge in [-0.1, -0.05) is 54.6 Å². The molecule has 0 atom stereocenters. The molecule has 1 aliphatic heterocycles. The van der Waals surface area contributed by atoms with Gasteiger partial charge in [0.05, 0.1) is 17.6 Å². The summed E-state index contributed by atoms with van der Waals surface area (Å²) in [6.07, 6.45) is 0. The molecule has 2 heterocycles. The molecule has 3 aromatic carbocycles. The molecule has 4 aromatic rings. The number of rotatable bonds is 5. The number of benzene rings is 3. The highest BCUT2D eigenvalue weighted by molar-refractivity contribution is 5.79. The lowest BCUT2D eigenvalue weighted by Gasteiger charge is -2.35. The first-order chi connectivity index (χ1) is 14.8. The predicted molar refractivity (Wildman–Crippen MR) is 119 cm³/mol. The highest BCUT2D eigenvalue weighted by Crippen LogP contribution is 2.25. The lowest BCUT2D eigenvalue weighted by Crippen LogP contribution is -2.46. The minimum Gasteiger partial charge on any atom is -0.340 e. The zero-order chi connectivity index (χ0) is 20.3. The van der Waals surface area contributed by atoms with Crippen LogP contribution in [0.4, 0.5) is 10.3 Å². The maximum absolute atomic E-state index is 13.2. The maximum Gasteiger partial charge on any atom is 0.206 e. The van der Waals surface area contributed by atoms with Crippen LogP contribution in [-0.4, -0.2) is 40.6 Å².